The van der Waals surface area contributed by atoms with Gasteiger partial charge in [0.25, 0.3) is 5.69 Å². The molecule has 2 aromatic carbocycles. The zero-order valence-electron chi connectivity index (χ0n) is 13.3. The van der Waals surface area contributed by atoms with Crippen molar-refractivity contribution in [1.29, 1.82) is 0 Å². The number of benzene rings is 2. The number of aromatic carboxylic acids is 1. The van der Waals surface area contributed by atoms with E-state index in [2.05, 4.69) is 10.5 Å². The number of nitro benzene ring substituents is 1. The summed E-state index contributed by atoms with van der Waals surface area (Å²) in [5.41, 5.74) is 3.65. The van der Waals surface area contributed by atoms with E-state index in [-0.39, 0.29) is 11.3 Å². The Morgan fingerprint density at radius 2 is 1.96 bits per heavy atom. The third kappa shape index (κ3) is 3.75. The predicted molar refractivity (Wildman–Crippen MR) is 95.4 cm³/mol. The Morgan fingerprint density at radius 3 is 2.73 bits per heavy atom. The molecule has 130 valence electrons. The fourth-order valence-electron chi connectivity index (χ4n) is 2.28. The summed E-state index contributed by atoms with van der Waals surface area (Å²) in [6, 6.07) is 15.8. The summed E-state index contributed by atoms with van der Waals surface area (Å²) in [5.74, 6) is -0.192. The van der Waals surface area contributed by atoms with E-state index < -0.39 is 10.9 Å². The normalized spacial score (nSPS) is 10.8. The zero-order valence-corrected chi connectivity index (χ0v) is 13.3. The first-order valence-electron chi connectivity index (χ1n) is 7.50. The molecular formula is C18H13N3O5. The van der Waals surface area contributed by atoms with Crippen molar-refractivity contribution in [3.05, 3.63) is 82.1 Å². The minimum atomic E-state index is -1.06. The zero-order chi connectivity index (χ0) is 18.5. The van der Waals surface area contributed by atoms with Crippen LogP contribution in [0.15, 0.2) is 70.2 Å². The van der Waals surface area contributed by atoms with Gasteiger partial charge in [0.2, 0.25) is 0 Å². The summed E-state index contributed by atoms with van der Waals surface area (Å²) in [4.78, 5) is 21.5. The molecule has 0 bridgehead atoms. The molecule has 26 heavy (non-hydrogen) atoms. The largest absolute Gasteiger partial charge is 0.478 e. The van der Waals surface area contributed by atoms with Crippen molar-refractivity contribution < 1.29 is 19.2 Å². The fraction of sp³-hybridized carbons (Fsp3) is 0. The quantitative estimate of drug-likeness (QED) is 0.394. The van der Waals surface area contributed by atoms with Crippen LogP contribution in [0, 0.1) is 10.1 Å². The van der Waals surface area contributed by atoms with Gasteiger partial charge in [-0.15, -0.1) is 0 Å². The lowest BCUT2D eigenvalue weighted by Crippen LogP contribution is -2.01. The number of hydrazone groups is 1. The molecule has 3 aromatic rings. The molecule has 0 radical (unpaired) electrons. The molecule has 0 atom stereocenters. The smallest absolute Gasteiger partial charge is 0.337 e. The second-order valence-electron chi connectivity index (χ2n) is 5.23. The summed E-state index contributed by atoms with van der Waals surface area (Å²) in [6.45, 7) is 0. The first kappa shape index (κ1) is 16.9. The first-order chi connectivity index (χ1) is 12.5. The monoisotopic (exact) mass is 351 g/mol. The number of para-hydroxylation sites is 1. The van der Waals surface area contributed by atoms with Crippen LogP contribution in [-0.4, -0.2) is 22.2 Å². The minimum absolute atomic E-state index is 0.0268. The maximum absolute atomic E-state index is 11.1. The predicted octanol–water partition coefficient (Wildman–Crippen LogP) is 4.00. The molecule has 0 saturated heterocycles. The lowest BCUT2D eigenvalue weighted by Gasteiger charge is -2.03. The van der Waals surface area contributed by atoms with E-state index in [1.807, 2.05) is 0 Å². The van der Waals surface area contributed by atoms with Crippen LogP contribution in [0.5, 0.6) is 0 Å². The Bertz CT molecular complexity index is 994. The van der Waals surface area contributed by atoms with E-state index in [0.29, 0.717) is 22.8 Å². The van der Waals surface area contributed by atoms with Gasteiger partial charge < -0.3 is 9.52 Å². The number of non-ortho nitro benzene ring substituents is 1. The number of anilines is 1. The van der Waals surface area contributed by atoms with Crippen molar-refractivity contribution in [2.45, 2.75) is 0 Å². The van der Waals surface area contributed by atoms with E-state index >= 15 is 0 Å². The van der Waals surface area contributed by atoms with Gasteiger partial charge in [-0.25, -0.2) is 4.79 Å². The summed E-state index contributed by atoms with van der Waals surface area (Å²) >= 11 is 0. The molecule has 0 aliphatic carbocycles. The van der Waals surface area contributed by atoms with Crippen LogP contribution in [0.25, 0.3) is 11.3 Å². The van der Waals surface area contributed by atoms with Gasteiger partial charge in [0.15, 0.2) is 0 Å². The van der Waals surface area contributed by atoms with Crippen LogP contribution < -0.4 is 5.43 Å². The molecule has 8 heteroatoms. The number of nitrogens with zero attached hydrogens (tertiary/aromatic N) is 2. The topological polar surface area (TPSA) is 118 Å². The number of furan rings is 1. The van der Waals surface area contributed by atoms with Gasteiger partial charge in [-0.05, 0) is 24.3 Å². The van der Waals surface area contributed by atoms with Crippen molar-refractivity contribution >= 4 is 23.6 Å². The van der Waals surface area contributed by atoms with Crippen molar-refractivity contribution in [1.82, 2.24) is 0 Å². The lowest BCUT2D eigenvalue weighted by molar-refractivity contribution is -0.384. The molecule has 8 nitrogen and oxygen atoms in total. The summed E-state index contributed by atoms with van der Waals surface area (Å²) in [6.07, 6.45) is 1.39. The average molecular weight is 351 g/mol. The summed E-state index contributed by atoms with van der Waals surface area (Å²) in [7, 11) is 0. The van der Waals surface area contributed by atoms with Crippen LogP contribution in [0.4, 0.5) is 11.4 Å². The molecule has 0 fully saturated rings. The third-order valence-corrected chi connectivity index (χ3v) is 3.50. The van der Waals surface area contributed by atoms with Gasteiger partial charge in [0.1, 0.15) is 11.5 Å². The van der Waals surface area contributed by atoms with Gasteiger partial charge in [0.05, 0.1) is 22.4 Å². The Kier molecular flexibility index (Phi) is 4.75. The Balaban J connectivity index is 1.75. The number of hydrogen-bond donors (Lipinski definition) is 2. The van der Waals surface area contributed by atoms with Crippen LogP contribution in [0.3, 0.4) is 0 Å². The SMILES string of the molecule is O=C(O)c1ccccc1NN=Cc1ccc(-c2cccc([N+](=O)[O-])c2)o1. The number of nitro groups is 1. The molecule has 0 amide bonds. The molecule has 0 saturated carbocycles. The molecule has 0 aliphatic rings. The number of hydrogen-bond acceptors (Lipinski definition) is 6. The Morgan fingerprint density at radius 1 is 1.15 bits per heavy atom. The van der Waals surface area contributed by atoms with Gasteiger partial charge in [0, 0.05) is 17.7 Å². The maximum Gasteiger partial charge on any atom is 0.337 e. The van der Waals surface area contributed by atoms with E-state index in [1.165, 1.54) is 24.4 Å². The highest BCUT2D eigenvalue weighted by Crippen LogP contribution is 2.25. The van der Waals surface area contributed by atoms with Gasteiger partial charge >= 0.3 is 5.97 Å². The van der Waals surface area contributed by atoms with E-state index in [0.717, 1.165) is 0 Å². The van der Waals surface area contributed by atoms with Crippen molar-refractivity contribution in [3.8, 4) is 11.3 Å². The van der Waals surface area contributed by atoms with Crippen LogP contribution in [-0.2, 0) is 0 Å². The fourth-order valence-corrected chi connectivity index (χ4v) is 2.28. The first-order valence-corrected chi connectivity index (χ1v) is 7.50. The van der Waals surface area contributed by atoms with Crippen LogP contribution >= 0.6 is 0 Å². The van der Waals surface area contributed by atoms with E-state index in [4.69, 9.17) is 9.52 Å². The molecular weight excluding hydrogens is 338 g/mol. The number of carboxylic acid groups (broad SMARTS) is 1. The number of rotatable bonds is 6. The van der Waals surface area contributed by atoms with Crippen LogP contribution in [0.2, 0.25) is 0 Å². The molecule has 3 rings (SSSR count). The third-order valence-electron chi connectivity index (χ3n) is 3.50. The second kappa shape index (κ2) is 7.31. The van der Waals surface area contributed by atoms with Gasteiger partial charge in [-0.3, -0.25) is 15.5 Å². The molecule has 0 spiro atoms. The molecule has 1 aromatic heterocycles. The second-order valence-corrected chi connectivity index (χ2v) is 5.23. The van der Waals surface area contributed by atoms with Gasteiger partial charge in [-0.2, -0.15) is 5.10 Å². The highest BCUT2D eigenvalue weighted by atomic mass is 16.6. The van der Waals surface area contributed by atoms with Gasteiger partial charge in [-0.1, -0.05) is 24.3 Å². The van der Waals surface area contributed by atoms with E-state index in [9.17, 15) is 14.9 Å². The number of nitrogens with one attached hydrogen (secondary N) is 1. The minimum Gasteiger partial charge on any atom is -0.478 e. The Hall–Kier alpha value is -3.94. The molecule has 1 heterocycles. The van der Waals surface area contributed by atoms with Crippen molar-refractivity contribution in [2.24, 2.45) is 5.10 Å². The maximum atomic E-state index is 11.1. The number of carbonyl (C=O) groups is 1. The molecule has 2 N–H and O–H groups in total. The molecule has 0 unspecified atom stereocenters. The lowest BCUT2D eigenvalue weighted by atomic mass is 10.1. The van der Waals surface area contributed by atoms with Crippen molar-refractivity contribution in [2.75, 3.05) is 5.43 Å². The van der Waals surface area contributed by atoms with Crippen molar-refractivity contribution in [3.63, 3.8) is 0 Å². The highest BCUT2D eigenvalue weighted by Gasteiger charge is 2.10. The summed E-state index contributed by atoms with van der Waals surface area (Å²) in [5, 5.41) is 23.9. The average Bonchev–Trinajstić information content (AvgIpc) is 3.11. The van der Waals surface area contributed by atoms with Crippen LogP contribution in [0.1, 0.15) is 16.1 Å². The highest BCUT2D eigenvalue weighted by molar-refractivity contribution is 5.94. The number of carboxylic acids is 1. The standard InChI is InChI=1S/C18H13N3O5/c22-18(23)15-6-1-2-7-16(15)20-19-11-14-8-9-17(26-14)12-4-3-5-13(10-12)21(24)25/h1-11,20H,(H,22,23). The van der Waals surface area contributed by atoms with E-state index in [1.54, 1.807) is 42.5 Å². The molecule has 0 aliphatic heterocycles. The Labute approximate surface area is 147 Å². The summed E-state index contributed by atoms with van der Waals surface area (Å²) < 4.78 is 5.59.